The fourth-order valence-electron chi connectivity index (χ4n) is 3.49. The normalized spacial score (nSPS) is 28.6. The van der Waals surface area contributed by atoms with E-state index in [0.29, 0.717) is 18.5 Å². The van der Waals surface area contributed by atoms with Crippen LogP contribution in [0.3, 0.4) is 0 Å². The highest BCUT2D eigenvalue weighted by Gasteiger charge is 2.37. The highest BCUT2D eigenvalue weighted by atomic mass is 16.1. The number of aryl methyl sites for hydroxylation is 1. The van der Waals surface area contributed by atoms with Crippen molar-refractivity contribution >= 4 is 5.91 Å². The van der Waals surface area contributed by atoms with Gasteiger partial charge in [0.25, 0.3) is 0 Å². The van der Waals surface area contributed by atoms with Crippen LogP contribution in [0, 0.1) is 5.41 Å². The number of fused-ring (bicyclic) bond motifs is 1. The van der Waals surface area contributed by atoms with Crippen molar-refractivity contribution in [3.8, 4) is 0 Å². The standard InChI is InChI=1S/C17H24N2O/c1-17(2)10-9-12-5-3-4-6-14(12)16(17)19-13-7-8-15(20)18-11-13/h3-6,13,16,19H,7-11H2,1-2H3,(H,18,20). The molecule has 0 aromatic heterocycles. The molecule has 1 amide bonds. The molecule has 1 saturated heterocycles. The summed E-state index contributed by atoms with van der Waals surface area (Å²) in [5, 5.41) is 6.78. The molecule has 108 valence electrons. The number of hydrogen-bond donors (Lipinski definition) is 2. The lowest BCUT2D eigenvalue weighted by molar-refractivity contribution is -0.122. The van der Waals surface area contributed by atoms with E-state index in [1.165, 1.54) is 24.0 Å². The van der Waals surface area contributed by atoms with Crippen LogP contribution in [0.1, 0.15) is 50.3 Å². The highest BCUT2D eigenvalue weighted by Crippen LogP contribution is 2.43. The summed E-state index contributed by atoms with van der Waals surface area (Å²) in [5.41, 5.74) is 3.18. The summed E-state index contributed by atoms with van der Waals surface area (Å²) in [6.07, 6.45) is 3.97. The maximum absolute atomic E-state index is 11.3. The maximum atomic E-state index is 11.3. The molecule has 1 aliphatic heterocycles. The predicted molar refractivity (Wildman–Crippen MR) is 80.5 cm³/mol. The van der Waals surface area contributed by atoms with E-state index in [-0.39, 0.29) is 11.3 Å². The molecule has 0 saturated carbocycles. The van der Waals surface area contributed by atoms with E-state index in [4.69, 9.17) is 0 Å². The molecule has 20 heavy (non-hydrogen) atoms. The topological polar surface area (TPSA) is 41.1 Å². The quantitative estimate of drug-likeness (QED) is 0.869. The first kappa shape index (κ1) is 13.6. The van der Waals surface area contributed by atoms with Crippen molar-refractivity contribution in [1.29, 1.82) is 0 Å². The molecule has 0 bridgehead atoms. The Labute approximate surface area is 121 Å². The zero-order valence-electron chi connectivity index (χ0n) is 12.4. The Morgan fingerprint density at radius 1 is 1.25 bits per heavy atom. The van der Waals surface area contributed by atoms with Crippen LogP contribution in [-0.2, 0) is 11.2 Å². The van der Waals surface area contributed by atoms with Crippen LogP contribution in [0.2, 0.25) is 0 Å². The van der Waals surface area contributed by atoms with E-state index in [2.05, 4.69) is 48.7 Å². The van der Waals surface area contributed by atoms with Crippen LogP contribution in [0.4, 0.5) is 0 Å². The maximum Gasteiger partial charge on any atom is 0.220 e. The Morgan fingerprint density at radius 2 is 2.05 bits per heavy atom. The third-order valence-corrected chi connectivity index (χ3v) is 4.85. The second-order valence-corrected chi connectivity index (χ2v) is 6.83. The zero-order valence-corrected chi connectivity index (χ0v) is 12.4. The van der Waals surface area contributed by atoms with E-state index < -0.39 is 0 Å². The number of nitrogens with one attached hydrogen (secondary N) is 2. The number of hydrogen-bond acceptors (Lipinski definition) is 2. The summed E-state index contributed by atoms with van der Waals surface area (Å²) in [6, 6.07) is 9.56. The molecule has 3 rings (SSSR count). The summed E-state index contributed by atoms with van der Waals surface area (Å²) in [7, 11) is 0. The molecule has 1 aliphatic carbocycles. The van der Waals surface area contributed by atoms with Crippen molar-refractivity contribution in [2.45, 2.75) is 51.6 Å². The molecule has 1 heterocycles. The van der Waals surface area contributed by atoms with Gasteiger partial charge in [0.2, 0.25) is 5.91 Å². The van der Waals surface area contributed by atoms with E-state index >= 15 is 0 Å². The summed E-state index contributed by atoms with van der Waals surface area (Å²) in [6.45, 7) is 5.46. The smallest absolute Gasteiger partial charge is 0.220 e. The van der Waals surface area contributed by atoms with E-state index in [0.717, 1.165) is 13.0 Å². The summed E-state index contributed by atoms with van der Waals surface area (Å²) < 4.78 is 0. The second kappa shape index (κ2) is 5.21. The van der Waals surface area contributed by atoms with Crippen molar-refractivity contribution in [1.82, 2.24) is 10.6 Å². The Hall–Kier alpha value is -1.35. The third kappa shape index (κ3) is 2.59. The average Bonchev–Trinajstić information content (AvgIpc) is 2.44. The minimum Gasteiger partial charge on any atom is -0.355 e. The lowest BCUT2D eigenvalue weighted by Crippen LogP contribution is -2.50. The molecule has 1 fully saturated rings. The molecule has 0 radical (unpaired) electrons. The second-order valence-electron chi connectivity index (χ2n) is 6.83. The van der Waals surface area contributed by atoms with Crippen LogP contribution < -0.4 is 10.6 Å². The van der Waals surface area contributed by atoms with E-state index in [1.807, 2.05) is 0 Å². The van der Waals surface area contributed by atoms with Gasteiger partial charge in [0.05, 0.1) is 0 Å². The Balaban J connectivity index is 1.81. The Kier molecular flexibility index (Phi) is 3.55. The third-order valence-electron chi connectivity index (χ3n) is 4.85. The summed E-state index contributed by atoms with van der Waals surface area (Å²) in [4.78, 5) is 11.3. The molecule has 2 atom stereocenters. The number of rotatable bonds is 2. The average molecular weight is 272 g/mol. The minimum atomic E-state index is 0.186. The van der Waals surface area contributed by atoms with Crippen LogP contribution in [0.5, 0.6) is 0 Å². The lowest BCUT2D eigenvalue weighted by Gasteiger charge is -2.43. The minimum absolute atomic E-state index is 0.186. The van der Waals surface area contributed by atoms with Crippen LogP contribution in [-0.4, -0.2) is 18.5 Å². The van der Waals surface area contributed by atoms with Gasteiger partial charge >= 0.3 is 0 Å². The van der Waals surface area contributed by atoms with Crippen molar-refractivity contribution in [2.24, 2.45) is 5.41 Å². The van der Waals surface area contributed by atoms with Crippen molar-refractivity contribution in [3.63, 3.8) is 0 Å². The summed E-state index contributed by atoms with van der Waals surface area (Å²) >= 11 is 0. The van der Waals surface area contributed by atoms with Gasteiger partial charge in [-0.2, -0.15) is 0 Å². The largest absolute Gasteiger partial charge is 0.355 e. The van der Waals surface area contributed by atoms with Gasteiger partial charge in [0.15, 0.2) is 0 Å². The van der Waals surface area contributed by atoms with Crippen molar-refractivity contribution < 1.29 is 4.79 Å². The molecule has 2 N–H and O–H groups in total. The molecule has 2 unspecified atom stereocenters. The van der Waals surface area contributed by atoms with Gasteiger partial charge in [-0.3, -0.25) is 4.79 Å². The fourth-order valence-corrected chi connectivity index (χ4v) is 3.49. The van der Waals surface area contributed by atoms with Gasteiger partial charge in [0.1, 0.15) is 0 Å². The van der Waals surface area contributed by atoms with E-state index in [1.54, 1.807) is 0 Å². The van der Waals surface area contributed by atoms with Gasteiger partial charge in [0, 0.05) is 25.0 Å². The summed E-state index contributed by atoms with van der Waals surface area (Å²) in [5.74, 6) is 0.186. The lowest BCUT2D eigenvalue weighted by atomic mass is 9.70. The fraction of sp³-hybridized carbons (Fsp3) is 0.588. The van der Waals surface area contributed by atoms with Crippen LogP contribution >= 0.6 is 0 Å². The van der Waals surface area contributed by atoms with Gasteiger partial charge in [-0.1, -0.05) is 38.1 Å². The molecule has 3 nitrogen and oxygen atoms in total. The van der Waals surface area contributed by atoms with Crippen LogP contribution in [0.15, 0.2) is 24.3 Å². The number of benzene rings is 1. The van der Waals surface area contributed by atoms with Gasteiger partial charge in [-0.15, -0.1) is 0 Å². The zero-order chi connectivity index (χ0) is 14.2. The SMILES string of the molecule is CC1(C)CCc2ccccc2C1NC1CCC(=O)NC1. The monoisotopic (exact) mass is 272 g/mol. The Morgan fingerprint density at radius 3 is 2.80 bits per heavy atom. The number of amides is 1. The molecular formula is C17H24N2O. The van der Waals surface area contributed by atoms with Gasteiger partial charge < -0.3 is 10.6 Å². The van der Waals surface area contributed by atoms with Crippen molar-refractivity contribution in [3.05, 3.63) is 35.4 Å². The first-order chi connectivity index (χ1) is 9.56. The number of carbonyl (C=O) groups is 1. The Bertz CT molecular complexity index is 499. The molecule has 2 aliphatic rings. The molecule has 1 aromatic rings. The number of piperidine rings is 1. The molecule has 0 spiro atoms. The predicted octanol–water partition coefficient (Wildman–Crippen LogP) is 2.57. The van der Waals surface area contributed by atoms with Gasteiger partial charge in [-0.25, -0.2) is 0 Å². The van der Waals surface area contributed by atoms with Crippen molar-refractivity contribution in [2.75, 3.05) is 6.54 Å². The first-order valence-electron chi connectivity index (χ1n) is 7.67. The first-order valence-corrected chi connectivity index (χ1v) is 7.67. The highest BCUT2D eigenvalue weighted by molar-refractivity contribution is 5.76. The number of carbonyl (C=O) groups excluding carboxylic acids is 1. The van der Waals surface area contributed by atoms with E-state index in [9.17, 15) is 4.79 Å². The van der Waals surface area contributed by atoms with Gasteiger partial charge in [-0.05, 0) is 35.8 Å². The molecule has 1 aromatic carbocycles. The molecule has 3 heteroatoms. The molecular weight excluding hydrogens is 248 g/mol. The van der Waals surface area contributed by atoms with Crippen LogP contribution in [0.25, 0.3) is 0 Å².